The van der Waals surface area contributed by atoms with Crippen molar-refractivity contribution in [2.45, 2.75) is 13.5 Å². The first-order valence-corrected chi connectivity index (χ1v) is 7.41. The molecule has 0 bridgehead atoms. The van der Waals surface area contributed by atoms with Crippen molar-refractivity contribution in [1.82, 2.24) is 9.97 Å². The highest BCUT2D eigenvalue weighted by Crippen LogP contribution is 2.30. The van der Waals surface area contributed by atoms with Crippen LogP contribution in [-0.2, 0) is 6.61 Å². The molecule has 0 aliphatic heterocycles. The average molecular weight is 306 g/mol. The third-order valence-electron chi connectivity index (χ3n) is 3.46. The number of benzene rings is 1. The predicted octanol–water partition coefficient (Wildman–Crippen LogP) is 4.04. The molecule has 0 aliphatic rings. The van der Waals surface area contributed by atoms with Gasteiger partial charge in [-0.25, -0.2) is 4.98 Å². The van der Waals surface area contributed by atoms with E-state index in [0.29, 0.717) is 6.61 Å². The van der Waals surface area contributed by atoms with Crippen LogP contribution in [0.4, 0.5) is 0 Å². The Balaban J connectivity index is 1.88. The van der Waals surface area contributed by atoms with E-state index < -0.39 is 0 Å². The summed E-state index contributed by atoms with van der Waals surface area (Å²) in [4.78, 5) is 8.90. The molecule has 0 radical (unpaired) electrons. The summed E-state index contributed by atoms with van der Waals surface area (Å²) < 4.78 is 11.1. The molecule has 0 saturated carbocycles. The summed E-state index contributed by atoms with van der Waals surface area (Å²) in [5.41, 5.74) is 3.64. The van der Waals surface area contributed by atoms with Crippen LogP contribution in [0.15, 0.2) is 60.8 Å². The molecule has 3 aromatic rings. The number of hydrogen-bond acceptors (Lipinski definition) is 4. The molecule has 2 aromatic heterocycles. The number of nitrogens with zero attached hydrogens (tertiary/aromatic N) is 2. The number of methoxy groups -OCH3 is 1. The highest BCUT2D eigenvalue weighted by molar-refractivity contribution is 5.67. The molecule has 0 saturated heterocycles. The number of aryl methyl sites for hydroxylation is 1. The third kappa shape index (κ3) is 3.66. The van der Waals surface area contributed by atoms with Gasteiger partial charge in [-0.15, -0.1) is 0 Å². The minimum Gasteiger partial charge on any atom is -0.497 e. The van der Waals surface area contributed by atoms with Crippen LogP contribution in [0.1, 0.15) is 11.4 Å². The zero-order valence-corrected chi connectivity index (χ0v) is 13.2. The Morgan fingerprint density at radius 2 is 1.78 bits per heavy atom. The van der Waals surface area contributed by atoms with Crippen molar-refractivity contribution in [3.05, 3.63) is 72.2 Å². The van der Waals surface area contributed by atoms with E-state index in [1.807, 2.05) is 61.5 Å². The Bertz CT molecular complexity index is 771. The lowest BCUT2D eigenvalue weighted by atomic mass is 10.1. The SMILES string of the molecule is COc1ccc(-c2nc(C)ccc2OCc2ccccn2)cc1. The fourth-order valence-electron chi connectivity index (χ4n) is 2.25. The summed E-state index contributed by atoms with van der Waals surface area (Å²) in [6.07, 6.45) is 1.76. The fourth-order valence-corrected chi connectivity index (χ4v) is 2.25. The molecular formula is C19H18N2O2. The second kappa shape index (κ2) is 6.92. The van der Waals surface area contributed by atoms with Crippen molar-refractivity contribution >= 4 is 0 Å². The largest absolute Gasteiger partial charge is 0.497 e. The summed E-state index contributed by atoms with van der Waals surface area (Å²) in [5.74, 6) is 1.56. The molecule has 0 fully saturated rings. The van der Waals surface area contributed by atoms with Crippen molar-refractivity contribution in [2.24, 2.45) is 0 Å². The number of hydrogen-bond donors (Lipinski definition) is 0. The summed E-state index contributed by atoms with van der Waals surface area (Å²) in [6, 6.07) is 17.5. The molecule has 4 nitrogen and oxygen atoms in total. The lowest BCUT2D eigenvalue weighted by Crippen LogP contribution is -2.00. The van der Waals surface area contributed by atoms with E-state index in [1.165, 1.54) is 0 Å². The molecule has 0 amide bonds. The Kier molecular flexibility index (Phi) is 4.52. The van der Waals surface area contributed by atoms with Gasteiger partial charge in [0, 0.05) is 17.5 Å². The van der Waals surface area contributed by atoms with Crippen LogP contribution in [0.2, 0.25) is 0 Å². The normalized spacial score (nSPS) is 10.3. The van der Waals surface area contributed by atoms with E-state index in [-0.39, 0.29) is 0 Å². The Hall–Kier alpha value is -2.88. The van der Waals surface area contributed by atoms with Gasteiger partial charge in [0.25, 0.3) is 0 Å². The summed E-state index contributed by atoms with van der Waals surface area (Å²) in [5, 5.41) is 0. The van der Waals surface area contributed by atoms with Crippen molar-refractivity contribution < 1.29 is 9.47 Å². The van der Waals surface area contributed by atoms with Crippen molar-refractivity contribution in [2.75, 3.05) is 7.11 Å². The third-order valence-corrected chi connectivity index (χ3v) is 3.46. The molecule has 0 N–H and O–H groups in total. The molecular weight excluding hydrogens is 288 g/mol. The maximum Gasteiger partial charge on any atom is 0.146 e. The van der Waals surface area contributed by atoms with E-state index in [9.17, 15) is 0 Å². The van der Waals surface area contributed by atoms with Gasteiger partial charge < -0.3 is 9.47 Å². The van der Waals surface area contributed by atoms with Crippen molar-refractivity contribution in [3.8, 4) is 22.8 Å². The Morgan fingerprint density at radius 3 is 2.48 bits per heavy atom. The lowest BCUT2D eigenvalue weighted by Gasteiger charge is -2.12. The average Bonchev–Trinajstić information content (AvgIpc) is 2.61. The summed E-state index contributed by atoms with van der Waals surface area (Å²) in [6.45, 7) is 2.38. The zero-order chi connectivity index (χ0) is 16.1. The van der Waals surface area contributed by atoms with Crippen LogP contribution >= 0.6 is 0 Å². The molecule has 1 aromatic carbocycles. The first-order chi connectivity index (χ1) is 11.3. The number of ether oxygens (including phenoxy) is 2. The molecule has 3 rings (SSSR count). The van der Waals surface area contributed by atoms with Gasteiger partial charge in [-0.2, -0.15) is 0 Å². The quantitative estimate of drug-likeness (QED) is 0.713. The smallest absolute Gasteiger partial charge is 0.146 e. The van der Waals surface area contributed by atoms with Gasteiger partial charge in [-0.1, -0.05) is 6.07 Å². The minimum atomic E-state index is 0.411. The van der Waals surface area contributed by atoms with Gasteiger partial charge in [-0.3, -0.25) is 4.98 Å². The van der Waals surface area contributed by atoms with E-state index in [4.69, 9.17) is 9.47 Å². The van der Waals surface area contributed by atoms with E-state index in [0.717, 1.165) is 34.1 Å². The van der Waals surface area contributed by atoms with Gasteiger partial charge in [-0.05, 0) is 55.5 Å². The van der Waals surface area contributed by atoms with Crippen LogP contribution in [0.5, 0.6) is 11.5 Å². The first-order valence-electron chi connectivity index (χ1n) is 7.41. The van der Waals surface area contributed by atoms with Gasteiger partial charge in [0.2, 0.25) is 0 Å². The highest BCUT2D eigenvalue weighted by Gasteiger charge is 2.09. The van der Waals surface area contributed by atoms with Crippen LogP contribution < -0.4 is 9.47 Å². The van der Waals surface area contributed by atoms with Gasteiger partial charge >= 0.3 is 0 Å². The van der Waals surface area contributed by atoms with Gasteiger partial charge in [0.1, 0.15) is 23.8 Å². The lowest BCUT2D eigenvalue weighted by molar-refractivity contribution is 0.301. The maximum atomic E-state index is 5.93. The number of aromatic nitrogens is 2. The van der Waals surface area contributed by atoms with Gasteiger partial charge in [0.05, 0.1) is 12.8 Å². The second-order valence-electron chi connectivity index (χ2n) is 5.14. The molecule has 0 spiro atoms. The van der Waals surface area contributed by atoms with Crippen LogP contribution in [-0.4, -0.2) is 17.1 Å². The minimum absolute atomic E-state index is 0.411. The summed E-state index contributed by atoms with van der Waals surface area (Å²) in [7, 11) is 1.65. The number of rotatable bonds is 5. The maximum absolute atomic E-state index is 5.93. The zero-order valence-electron chi connectivity index (χ0n) is 13.2. The molecule has 0 aliphatic carbocycles. The molecule has 0 unspecified atom stereocenters. The fraction of sp³-hybridized carbons (Fsp3) is 0.158. The monoisotopic (exact) mass is 306 g/mol. The molecule has 116 valence electrons. The van der Waals surface area contributed by atoms with Crippen molar-refractivity contribution in [3.63, 3.8) is 0 Å². The molecule has 23 heavy (non-hydrogen) atoms. The Labute approximate surface area is 135 Å². The van der Waals surface area contributed by atoms with Crippen molar-refractivity contribution in [1.29, 1.82) is 0 Å². The van der Waals surface area contributed by atoms with Crippen LogP contribution in [0.25, 0.3) is 11.3 Å². The Morgan fingerprint density at radius 1 is 0.957 bits per heavy atom. The van der Waals surface area contributed by atoms with Crippen LogP contribution in [0, 0.1) is 6.92 Å². The van der Waals surface area contributed by atoms with E-state index in [1.54, 1.807) is 13.3 Å². The first kappa shape index (κ1) is 15.0. The predicted molar refractivity (Wildman–Crippen MR) is 89.5 cm³/mol. The molecule has 2 heterocycles. The summed E-state index contributed by atoms with van der Waals surface area (Å²) >= 11 is 0. The van der Waals surface area contributed by atoms with Crippen LogP contribution in [0.3, 0.4) is 0 Å². The second-order valence-corrected chi connectivity index (χ2v) is 5.14. The highest BCUT2D eigenvalue weighted by atomic mass is 16.5. The molecule has 0 atom stereocenters. The number of pyridine rings is 2. The topological polar surface area (TPSA) is 44.2 Å². The van der Waals surface area contributed by atoms with Gasteiger partial charge in [0.15, 0.2) is 0 Å². The van der Waals surface area contributed by atoms with E-state index in [2.05, 4.69) is 9.97 Å². The molecule has 4 heteroatoms. The standard InChI is InChI=1S/C19H18N2O2/c1-14-6-11-18(23-13-16-5-3-4-12-20-16)19(21-14)15-7-9-17(22-2)10-8-15/h3-12H,13H2,1-2H3. The van der Waals surface area contributed by atoms with E-state index >= 15 is 0 Å².